The first-order chi connectivity index (χ1) is 19.0. The van der Waals surface area contributed by atoms with E-state index in [0.29, 0.717) is 22.3 Å². The SMILES string of the molecule is Cc1ccc(C(=O)c2c([O-])n(-c3ccccc3)c3nc(-c4ccc(C)cc4)[n+]4c5ccccc5sc4c23)cc1. The monoisotopic (exact) mass is 525 g/mol. The van der Waals surface area contributed by atoms with Crippen LogP contribution in [0.1, 0.15) is 27.0 Å². The summed E-state index contributed by atoms with van der Waals surface area (Å²) < 4.78 is 4.72. The summed E-state index contributed by atoms with van der Waals surface area (Å²) in [5.41, 5.74) is 5.88. The molecule has 188 valence electrons. The molecule has 0 atom stereocenters. The van der Waals surface area contributed by atoms with E-state index in [9.17, 15) is 9.90 Å². The first-order valence-corrected chi connectivity index (χ1v) is 13.6. The van der Waals surface area contributed by atoms with Crippen LogP contribution in [-0.4, -0.2) is 15.3 Å². The third-order valence-corrected chi connectivity index (χ3v) is 8.27. The number of hydrogen-bond donors (Lipinski definition) is 0. The van der Waals surface area contributed by atoms with Gasteiger partial charge < -0.3 is 5.11 Å². The minimum atomic E-state index is -0.366. The zero-order valence-corrected chi connectivity index (χ0v) is 22.2. The summed E-state index contributed by atoms with van der Waals surface area (Å²) in [5, 5.41) is 14.8. The molecule has 3 aromatic heterocycles. The average Bonchev–Trinajstić information content (AvgIpc) is 3.48. The number of hydrogen-bond acceptors (Lipinski definition) is 4. The first kappa shape index (κ1) is 23.3. The van der Waals surface area contributed by atoms with Crippen molar-refractivity contribution in [2.24, 2.45) is 0 Å². The second-order valence-electron chi connectivity index (χ2n) is 9.76. The van der Waals surface area contributed by atoms with Crippen molar-refractivity contribution in [1.82, 2.24) is 9.55 Å². The van der Waals surface area contributed by atoms with Gasteiger partial charge in [-0.15, -0.1) is 0 Å². The summed E-state index contributed by atoms with van der Waals surface area (Å²) in [7, 11) is 0. The predicted octanol–water partition coefficient (Wildman–Crippen LogP) is 6.57. The molecule has 0 spiro atoms. The van der Waals surface area contributed by atoms with Crippen LogP contribution in [0, 0.1) is 13.8 Å². The van der Waals surface area contributed by atoms with E-state index in [2.05, 4.69) is 47.7 Å². The van der Waals surface area contributed by atoms with Crippen LogP contribution < -0.4 is 9.51 Å². The Kier molecular flexibility index (Phi) is 5.32. The number of nitrogens with zero attached hydrogens (tertiary/aromatic N) is 3. The van der Waals surface area contributed by atoms with Crippen molar-refractivity contribution in [1.29, 1.82) is 0 Å². The minimum Gasteiger partial charge on any atom is -0.859 e. The molecule has 3 heterocycles. The average molecular weight is 526 g/mol. The van der Waals surface area contributed by atoms with Crippen molar-refractivity contribution < 1.29 is 14.3 Å². The van der Waals surface area contributed by atoms with Crippen molar-refractivity contribution in [3.05, 3.63) is 125 Å². The smallest absolute Gasteiger partial charge is 0.339 e. The lowest BCUT2D eigenvalue weighted by Crippen LogP contribution is -2.25. The number of thiazole rings is 1. The van der Waals surface area contributed by atoms with Gasteiger partial charge >= 0.3 is 5.82 Å². The Labute approximate surface area is 228 Å². The lowest BCUT2D eigenvalue weighted by molar-refractivity contribution is -0.467. The highest BCUT2D eigenvalue weighted by Crippen LogP contribution is 2.39. The van der Waals surface area contributed by atoms with Crippen molar-refractivity contribution in [3.8, 4) is 23.0 Å². The first-order valence-electron chi connectivity index (χ1n) is 12.7. The highest BCUT2D eigenvalue weighted by atomic mass is 32.1. The molecule has 0 aliphatic carbocycles. The molecule has 0 radical (unpaired) electrons. The van der Waals surface area contributed by atoms with Crippen LogP contribution >= 0.6 is 11.3 Å². The van der Waals surface area contributed by atoms with Gasteiger partial charge in [-0.2, -0.15) is 4.40 Å². The highest BCUT2D eigenvalue weighted by molar-refractivity contribution is 7.24. The molecule has 0 bridgehead atoms. The Morgan fingerprint density at radius 1 is 0.821 bits per heavy atom. The summed E-state index contributed by atoms with van der Waals surface area (Å²) in [5.74, 6) is 0.0533. The summed E-state index contributed by atoms with van der Waals surface area (Å²) >= 11 is 1.57. The largest absolute Gasteiger partial charge is 0.859 e. The normalized spacial score (nSPS) is 11.5. The summed E-state index contributed by atoms with van der Waals surface area (Å²) in [6.07, 6.45) is 0. The van der Waals surface area contributed by atoms with Gasteiger partial charge in [-0.3, -0.25) is 9.36 Å². The van der Waals surface area contributed by atoms with Crippen LogP contribution in [-0.2, 0) is 0 Å². The number of para-hydroxylation sites is 2. The lowest BCUT2D eigenvalue weighted by atomic mass is 10.0. The van der Waals surface area contributed by atoms with Crippen LogP contribution in [0.3, 0.4) is 0 Å². The number of aryl methyl sites for hydroxylation is 2. The fourth-order valence-electron chi connectivity index (χ4n) is 5.13. The van der Waals surface area contributed by atoms with Crippen LogP contribution in [0.5, 0.6) is 5.88 Å². The summed E-state index contributed by atoms with van der Waals surface area (Å²) in [4.78, 5) is 20.0. The number of ketones is 1. The second kappa shape index (κ2) is 8.89. The third kappa shape index (κ3) is 3.64. The van der Waals surface area contributed by atoms with Gasteiger partial charge in [-0.25, -0.2) is 0 Å². The maximum absolute atomic E-state index is 14.2. The Morgan fingerprint density at radius 2 is 1.46 bits per heavy atom. The van der Waals surface area contributed by atoms with Crippen LogP contribution in [0.4, 0.5) is 0 Å². The molecule has 0 amide bonds. The number of carbonyl (C=O) groups excluding carboxylic acids is 1. The third-order valence-electron chi connectivity index (χ3n) is 7.12. The maximum Gasteiger partial charge on any atom is 0.339 e. The molecule has 7 rings (SSSR count). The van der Waals surface area contributed by atoms with Gasteiger partial charge in [-0.05, 0) is 61.1 Å². The van der Waals surface area contributed by atoms with E-state index in [1.165, 1.54) is 0 Å². The molecule has 6 heteroatoms. The van der Waals surface area contributed by atoms with Crippen molar-refractivity contribution >= 4 is 43.2 Å². The predicted molar refractivity (Wildman–Crippen MR) is 154 cm³/mol. The van der Waals surface area contributed by atoms with E-state index in [1.807, 2.05) is 61.5 Å². The summed E-state index contributed by atoms with van der Waals surface area (Å²) in [6, 6.07) is 33.1. The van der Waals surface area contributed by atoms with E-state index in [1.54, 1.807) is 28.0 Å². The van der Waals surface area contributed by atoms with E-state index >= 15 is 0 Å². The molecule has 0 N–H and O–H groups in total. The zero-order valence-electron chi connectivity index (χ0n) is 21.4. The molecule has 0 unspecified atom stereocenters. The van der Waals surface area contributed by atoms with E-state index in [4.69, 9.17) is 4.98 Å². The Hall–Kier alpha value is -4.81. The Morgan fingerprint density at radius 3 is 2.18 bits per heavy atom. The van der Waals surface area contributed by atoms with Gasteiger partial charge in [-0.1, -0.05) is 89.2 Å². The maximum atomic E-state index is 14.2. The zero-order chi connectivity index (χ0) is 26.7. The molecular formula is C33H23N3O2S. The number of carbonyl (C=O) groups is 1. The quantitative estimate of drug-likeness (QED) is 0.193. The molecule has 39 heavy (non-hydrogen) atoms. The standard InChI is InChI=1S/C33H23N3O2S/c1-20-12-16-22(17-13-20)29(37)27-28-31(35(32(27)38)24-8-4-3-5-9-24)34-30(23-18-14-21(2)15-19-23)36-25-10-6-7-11-26(25)39-33(28)36/h3-19H,1-2H3. The molecule has 0 fully saturated rings. The molecule has 0 aliphatic rings. The van der Waals surface area contributed by atoms with Crippen molar-refractivity contribution in [3.63, 3.8) is 0 Å². The van der Waals surface area contributed by atoms with E-state index < -0.39 is 0 Å². The minimum absolute atomic E-state index is 0.143. The van der Waals surface area contributed by atoms with Crippen molar-refractivity contribution in [2.45, 2.75) is 13.8 Å². The van der Waals surface area contributed by atoms with Crippen LogP contribution in [0.2, 0.25) is 0 Å². The topological polar surface area (TPSA) is 62.0 Å². The van der Waals surface area contributed by atoms with Gasteiger partial charge in [0.15, 0.2) is 11.3 Å². The van der Waals surface area contributed by atoms with Gasteiger partial charge in [0, 0.05) is 11.3 Å². The number of benzene rings is 4. The van der Waals surface area contributed by atoms with Gasteiger partial charge in [0.25, 0.3) is 5.65 Å². The molecule has 0 saturated heterocycles. The Balaban J connectivity index is 1.67. The van der Waals surface area contributed by atoms with Gasteiger partial charge in [0.2, 0.25) is 4.83 Å². The number of aromatic nitrogens is 3. The fourth-order valence-corrected chi connectivity index (χ4v) is 6.32. The molecule has 4 aromatic carbocycles. The second-order valence-corrected chi connectivity index (χ2v) is 10.8. The fraction of sp³-hybridized carbons (Fsp3) is 0.0606. The highest BCUT2D eigenvalue weighted by Gasteiger charge is 2.32. The molecular weight excluding hydrogens is 502 g/mol. The van der Waals surface area contributed by atoms with E-state index in [0.717, 1.165) is 37.6 Å². The molecule has 0 saturated carbocycles. The Bertz CT molecular complexity index is 2040. The number of rotatable bonds is 4. The summed E-state index contributed by atoms with van der Waals surface area (Å²) in [6.45, 7) is 4.03. The lowest BCUT2D eigenvalue weighted by Gasteiger charge is -2.13. The van der Waals surface area contributed by atoms with Gasteiger partial charge in [0.05, 0.1) is 15.8 Å². The number of fused-ring (bicyclic) bond motifs is 5. The molecule has 0 aliphatic heterocycles. The van der Waals surface area contributed by atoms with Crippen molar-refractivity contribution in [2.75, 3.05) is 0 Å². The van der Waals surface area contributed by atoms with Crippen LogP contribution in [0.15, 0.2) is 103 Å². The molecule has 5 nitrogen and oxygen atoms in total. The van der Waals surface area contributed by atoms with Gasteiger partial charge in [0.1, 0.15) is 5.39 Å². The van der Waals surface area contributed by atoms with Crippen LogP contribution in [0.25, 0.3) is 43.2 Å². The molecule has 7 aromatic rings. The van der Waals surface area contributed by atoms with E-state index in [-0.39, 0.29) is 17.2 Å².